The largest absolute Gasteiger partial charge is 0.392 e. The molecule has 0 aliphatic carbocycles. The molecule has 0 radical (unpaired) electrons. The smallest absolute Gasteiger partial charge is 0.0664 e. The molecule has 0 amide bonds. The summed E-state index contributed by atoms with van der Waals surface area (Å²) in [7, 11) is 0. The Hall–Kier alpha value is -0.0800. The molecule has 2 N–H and O–H groups in total. The summed E-state index contributed by atoms with van der Waals surface area (Å²) in [4.78, 5) is 0. The standard InChI is InChI=1S/C28H59NO/c1-3-5-7-9-11-13-15-16-18-20-22-24-26-29-27-28(30)25-23-21-19-17-14-12-10-8-6-4-2/h28-30H,3-27H2,1-2H3. The Morgan fingerprint density at radius 1 is 0.467 bits per heavy atom. The molecular weight excluding hydrogens is 366 g/mol. The molecule has 1 unspecified atom stereocenters. The topological polar surface area (TPSA) is 32.3 Å². The fraction of sp³-hybridized carbons (Fsp3) is 1.00. The number of unbranched alkanes of at least 4 members (excludes halogenated alkanes) is 20. The minimum absolute atomic E-state index is 0.142. The van der Waals surface area contributed by atoms with Gasteiger partial charge in [0.15, 0.2) is 0 Å². The van der Waals surface area contributed by atoms with Gasteiger partial charge in [0.25, 0.3) is 0 Å². The van der Waals surface area contributed by atoms with Gasteiger partial charge in [0.05, 0.1) is 6.10 Å². The van der Waals surface area contributed by atoms with Crippen LogP contribution in [0.1, 0.15) is 162 Å². The van der Waals surface area contributed by atoms with Gasteiger partial charge in [-0.05, 0) is 19.4 Å². The molecule has 0 bridgehead atoms. The second kappa shape index (κ2) is 27.0. The van der Waals surface area contributed by atoms with E-state index in [1.807, 2.05) is 0 Å². The zero-order valence-corrected chi connectivity index (χ0v) is 21.2. The zero-order valence-electron chi connectivity index (χ0n) is 21.2. The summed E-state index contributed by atoms with van der Waals surface area (Å²) >= 11 is 0. The van der Waals surface area contributed by atoms with Crippen LogP contribution in [0.25, 0.3) is 0 Å². The molecule has 0 fully saturated rings. The normalized spacial score (nSPS) is 12.5. The first kappa shape index (κ1) is 29.9. The number of hydrogen-bond acceptors (Lipinski definition) is 2. The van der Waals surface area contributed by atoms with E-state index in [1.54, 1.807) is 0 Å². The van der Waals surface area contributed by atoms with Crippen molar-refractivity contribution in [3.63, 3.8) is 0 Å². The summed E-state index contributed by atoms with van der Waals surface area (Å²) in [5.41, 5.74) is 0. The van der Waals surface area contributed by atoms with Gasteiger partial charge in [-0.25, -0.2) is 0 Å². The molecular formula is C28H59NO. The summed E-state index contributed by atoms with van der Waals surface area (Å²) in [5, 5.41) is 13.6. The van der Waals surface area contributed by atoms with Crippen LogP contribution in [0.5, 0.6) is 0 Å². The third-order valence-corrected chi connectivity index (χ3v) is 6.48. The molecule has 0 heterocycles. The van der Waals surface area contributed by atoms with E-state index in [4.69, 9.17) is 0 Å². The van der Waals surface area contributed by atoms with Crippen LogP contribution in [-0.2, 0) is 0 Å². The molecule has 1 atom stereocenters. The number of rotatable bonds is 26. The van der Waals surface area contributed by atoms with Crippen molar-refractivity contribution in [2.24, 2.45) is 0 Å². The Morgan fingerprint density at radius 2 is 0.800 bits per heavy atom. The van der Waals surface area contributed by atoms with Gasteiger partial charge in [-0.3, -0.25) is 0 Å². The van der Waals surface area contributed by atoms with E-state index in [9.17, 15) is 5.11 Å². The number of aliphatic hydroxyl groups is 1. The Kier molecular flexibility index (Phi) is 26.9. The highest BCUT2D eigenvalue weighted by Crippen LogP contribution is 2.13. The summed E-state index contributed by atoms with van der Waals surface area (Å²) in [6.45, 7) is 6.43. The molecule has 2 nitrogen and oxygen atoms in total. The van der Waals surface area contributed by atoms with Crippen LogP contribution in [0.4, 0.5) is 0 Å². The van der Waals surface area contributed by atoms with E-state index in [0.717, 1.165) is 19.5 Å². The Morgan fingerprint density at radius 3 is 1.20 bits per heavy atom. The van der Waals surface area contributed by atoms with Crippen LogP contribution in [-0.4, -0.2) is 24.3 Å². The molecule has 2 heteroatoms. The molecule has 0 aromatic rings. The third kappa shape index (κ3) is 26.0. The average molecular weight is 426 g/mol. The number of hydrogen-bond donors (Lipinski definition) is 2. The first-order valence-electron chi connectivity index (χ1n) is 14.2. The quantitative estimate of drug-likeness (QED) is 0.135. The SMILES string of the molecule is CCCCCCCCCCCCCCNCC(O)CCCCCCCCCCCC. The van der Waals surface area contributed by atoms with Crippen molar-refractivity contribution in [2.45, 2.75) is 168 Å². The van der Waals surface area contributed by atoms with E-state index in [1.165, 1.54) is 141 Å². The second-order valence-electron chi connectivity index (χ2n) is 9.72. The molecule has 0 saturated carbocycles. The first-order chi connectivity index (χ1) is 14.8. The third-order valence-electron chi connectivity index (χ3n) is 6.48. The van der Waals surface area contributed by atoms with Crippen molar-refractivity contribution in [3.8, 4) is 0 Å². The Balaban J connectivity index is 3.12. The van der Waals surface area contributed by atoms with Crippen LogP contribution in [0.2, 0.25) is 0 Å². The van der Waals surface area contributed by atoms with Crippen LogP contribution >= 0.6 is 0 Å². The van der Waals surface area contributed by atoms with Gasteiger partial charge in [0, 0.05) is 6.54 Å². The lowest BCUT2D eigenvalue weighted by molar-refractivity contribution is 0.158. The van der Waals surface area contributed by atoms with Gasteiger partial charge in [-0.2, -0.15) is 0 Å². The molecule has 182 valence electrons. The highest BCUT2D eigenvalue weighted by Gasteiger charge is 2.03. The number of nitrogens with one attached hydrogen (secondary N) is 1. The van der Waals surface area contributed by atoms with Crippen molar-refractivity contribution in [3.05, 3.63) is 0 Å². The maximum atomic E-state index is 10.1. The Bertz CT molecular complexity index is 294. The van der Waals surface area contributed by atoms with E-state index in [2.05, 4.69) is 19.2 Å². The molecule has 30 heavy (non-hydrogen) atoms. The van der Waals surface area contributed by atoms with Crippen LogP contribution in [0, 0.1) is 0 Å². The van der Waals surface area contributed by atoms with Gasteiger partial charge < -0.3 is 10.4 Å². The van der Waals surface area contributed by atoms with Crippen LogP contribution in [0.3, 0.4) is 0 Å². The van der Waals surface area contributed by atoms with Gasteiger partial charge in [-0.15, -0.1) is 0 Å². The van der Waals surface area contributed by atoms with E-state index in [-0.39, 0.29) is 6.10 Å². The summed E-state index contributed by atoms with van der Waals surface area (Å²) in [5.74, 6) is 0. The van der Waals surface area contributed by atoms with Crippen LogP contribution < -0.4 is 5.32 Å². The van der Waals surface area contributed by atoms with E-state index < -0.39 is 0 Å². The lowest BCUT2D eigenvalue weighted by atomic mass is 10.0. The fourth-order valence-electron chi connectivity index (χ4n) is 4.33. The minimum Gasteiger partial charge on any atom is -0.392 e. The predicted molar refractivity (Wildman–Crippen MR) is 136 cm³/mol. The van der Waals surface area contributed by atoms with Crippen molar-refractivity contribution < 1.29 is 5.11 Å². The van der Waals surface area contributed by atoms with E-state index in [0.29, 0.717) is 0 Å². The number of aliphatic hydroxyl groups excluding tert-OH is 1. The molecule has 0 spiro atoms. The fourth-order valence-corrected chi connectivity index (χ4v) is 4.33. The van der Waals surface area contributed by atoms with Gasteiger partial charge in [0.2, 0.25) is 0 Å². The lowest BCUT2D eigenvalue weighted by Gasteiger charge is -2.11. The van der Waals surface area contributed by atoms with Gasteiger partial charge in [0.1, 0.15) is 0 Å². The maximum Gasteiger partial charge on any atom is 0.0664 e. The summed E-state index contributed by atoms with van der Waals surface area (Å²) in [6, 6.07) is 0. The molecule has 0 aliphatic heterocycles. The van der Waals surface area contributed by atoms with Crippen molar-refractivity contribution >= 4 is 0 Å². The lowest BCUT2D eigenvalue weighted by Crippen LogP contribution is -2.27. The summed E-state index contributed by atoms with van der Waals surface area (Å²) in [6.07, 6.45) is 31.3. The average Bonchev–Trinajstić information content (AvgIpc) is 2.75. The predicted octanol–water partition coefficient (Wildman–Crippen LogP) is 8.95. The molecule has 0 aromatic carbocycles. The van der Waals surface area contributed by atoms with Crippen molar-refractivity contribution in [1.82, 2.24) is 5.32 Å². The molecule has 0 rings (SSSR count). The highest BCUT2D eigenvalue weighted by molar-refractivity contribution is 4.60. The highest BCUT2D eigenvalue weighted by atomic mass is 16.3. The maximum absolute atomic E-state index is 10.1. The van der Waals surface area contributed by atoms with Crippen LogP contribution in [0.15, 0.2) is 0 Å². The second-order valence-corrected chi connectivity index (χ2v) is 9.72. The zero-order chi connectivity index (χ0) is 22.0. The van der Waals surface area contributed by atoms with Gasteiger partial charge in [-0.1, -0.05) is 149 Å². The molecule has 0 aliphatic rings. The summed E-state index contributed by atoms with van der Waals surface area (Å²) < 4.78 is 0. The molecule has 0 saturated heterocycles. The first-order valence-corrected chi connectivity index (χ1v) is 14.2. The molecule has 0 aromatic heterocycles. The minimum atomic E-state index is -0.142. The van der Waals surface area contributed by atoms with Crippen molar-refractivity contribution in [2.75, 3.05) is 13.1 Å². The van der Waals surface area contributed by atoms with Gasteiger partial charge >= 0.3 is 0 Å². The monoisotopic (exact) mass is 425 g/mol. The van der Waals surface area contributed by atoms with Crippen molar-refractivity contribution in [1.29, 1.82) is 0 Å². The van der Waals surface area contributed by atoms with E-state index >= 15 is 0 Å². The Labute approximate surface area is 191 Å².